The van der Waals surface area contributed by atoms with Crippen molar-refractivity contribution in [3.8, 4) is 0 Å². The molecule has 2 fully saturated rings. The minimum atomic E-state index is -0.672. The molecular weight excluding hydrogens is 400 g/mol. The van der Waals surface area contributed by atoms with Gasteiger partial charge in [0.1, 0.15) is 23.2 Å². The van der Waals surface area contributed by atoms with Gasteiger partial charge in [0.25, 0.3) is 5.91 Å². The van der Waals surface area contributed by atoms with Crippen LogP contribution in [0.2, 0.25) is 0 Å². The Morgan fingerprint density at radius 2 is 2.00 bits per heavy atom. The van der Waals surface area contributed by atoms with Gasteiger partial charge in [-0.2, -0.15) is 4.98 Å². The first-order chi connectivity index (χ1) is 14.9. The molecule has 0 bridgehead atoms. The molecule has 5 rings (SSSR count). The van der Waals surface area contributed by atoms with Crippen molar-refractivity contribution in [2.45, 2.75) is 30.9 Å². The zero-order valence-corrected chi connectivity index (χ0v) is 16.8. The average molecular weight is 422 g/mol. The van der Waals surface area contributed by atoms with E-state index in [2.05, 4.69) is 20.6 Å². The Morgan fingerprint density at radius 3 is 2.71 bits per heavy atom. The zero-order valence-electron chi connectivity index (χ0n) is 16.8. The maximum absolute atomic E-state index is 12.3. The lowest BCUT2D eigenvalue weighted by Crippen LogP contribution is -2.43. The van der Waals surface area contributed by atoms with Crippen molar-refractivity contribution < 1.29 is 19.1 Å². The van der Waals surface area contributed by atoms with E-state index in [0.717, 1.165) is 5.56 Å². The number of esters is 1. The molecule has 0 saturated carbocycles. The van der Waals surface area contributed by atoms with E-state index in [4.69, 9.17) is 10.5 Å². The number of nitrogens with one attached hydrogen (secondary N) is 2. The van der Waals surface area contributed by atoms with Crippen LogP contribution in [0.15, 0.2) is 30.3 Å². The van der Waals surface area contributed by atoms with Crippen molar-refractivity contribution in [1.82, 2.24) is 15.3 Å². The van der Waals surface area contributed by atoms with Crippen LogP contribution in [0.4, 0.5) is 11.8 Å². The number of rotatable bonds is 4. The molecule has 160 valence electrons. The number of hydrogen-bond donors (Lipinski definition) is 3. The van der Waals surface area contributed by atoms with Crippen LogP contribution in [0.3, 0.4) is 0 Å². The highest BCUT2D eigenvalue weighted by molar-refractivity contribution is 5.95. The molecule has 3 aliphatic heterocycles. The summed E-state index contributed by atoms with van der Waals surface area (Å²) < 4.78 is 5.79. The Kier molecular flexibility index (Phi) is 4.49. The van der Waals surface area contributed by atoms with E-state index in [9.17, 15) is 14.4 Å². The number of fused-ring (bicyclic) bond motifs is 2. The molecule has 4 heterocycles. The number of ether oxygens (including phenoxy) is 1. The molecule has 2 saturated heterocycles. The van der Waals surface area contributed by atoms with Crippen LogP contribution in [0.5, 0.6) is 0 Å². The molecule has 31 heavy (non-hydrogen) atoms. The molecule has 1 spiro atoms. The summed E-state index contributed by atoms with van der Waals surface area (Å²) in [5.41, 5.74) is 6.43. The number of carbonyl (C=O) groups is 3. The highest BCUT2D eigenvalue weighted by atomic mass is 16.6. The van der Waals surface area contributed by atoms with Crippen LogP contribution in [0.1, 0.15) is 45.7 Å². The Labute approximate surface area is 178 Å². The van der Waals surface area contributed by atoms with E-state index < -0.39 is 17.6 Å². The highest BCUT2D eigenvalue weighted by Gasteiger charge is 2.47. The molecule has 10 heteroatoms. The second-order valence-electron chi connectivity index (χ2n) is 8.00. The zero-order chi connectivity index (χ0) is 21.6. The highest BCUT2D eigenvalue weighted by Crippen LogP contribution is 2.44. The maximum Gasteiger partial charge on any atom is 0.339 e. The number of nitrogens with two attached hydrogens (primary N) is 1. The van der Waals surface area contributed by atoms with Gasteiger partial charge in [0.2, 0.25) is 11.9 Å². The largest absolute Gasteiger partial charge is 0.450 e. The van der Waals surface area contributed by atoms with Gasteiger partial charge in [-0.15, -0.1) is 0 Å². The number of benzene rings is 1. The van der Waals surface area contributed by atoms with E-state index in [-0.39, 0.29) is 17.6 Å². The Morgan fingerprint density at radius 1 is 1.23 bits per heavy atom. The topological polar surface area (TPSA) is 140 Å². The van der Waals surface area contributed by atoms with Gasteiger partial charge in [0, 0.05) is 44.1 Å². The molecule has 1 atom stereocenters. The lowest BCUT2D eigenvalue weighted by molar-refractivity contribution is -0.119. The van der Waals surface area contributed by atoms with Gasteiger partial charge in [-0.1, -0.05) is 18.2 Å². The van der Waals surface area contributed by atoms with E-state index in [1.165, 1.54) is 6.07 Å². The van der Waals surface area contributed by atoms with Crippen LogP contribution in [0, 0.1) is 0 Å². The number of nitrogens with zero attached hydrogens (tertiary/aromatic N) is 3. The minimum absolute atomic E-state index is 0.0730. The Bertz CT molecular complexity index is 1080. The second kappa shape index (κ2) is 7.22. The molecule has 0 aliphatic carbocycles. The van der Waals surface area contributed by atoms with E-state index in [0.29, 0.717) is 56.2 Å². The first kappa shape index (κ1) is 19.3. The third-order valence-corrected chi connectivity index (χ3v) is 6.12. The summed E-state index contributed by atoms with van der Waals surface area (Å²) in [6, 6.07) is 8.51. The average Bonchev–Trinajstić information content (AvgIpc) is 3.29. The number of aromatic nitrogens is 2. The van der Waals surface area contributed by atoms with Gasteiger partial charge in [-0.25, -0.2) is 9.78 Å². The van der Waals surface area contributed by atoms with Crippen LogP contribution in [0.25, 0.3) is 0 Å². The smallest absolute Gasteiger partial charge is 0.339 e. The maximum atomic E-state index is 12.3. The number of anilines is 2. The summed E-state index contributed by atoms with van der Waals surface area (Å²) in [5, 5.41) is 5.82. The molecule has 2 amide bonds. The van der Waals surface area contributed by atoms with Crippen molar-refractivity contribution in [3.05, 3.63) is 47.2 Å². The van der Waals surface area contributed by atoms with E-state index in [1.54, 1.807) is 6.07 Å². The summed E-state index contributed by atoms with van der Waals surface area (Å²) in [6.45, 7) is 1.66. The summed E-state index contributed by atoms with van der Waals surface area (Å²) in [7, 11) is 0. The van der Waals surface area contributed by atoms with Gasteiger partial charge < -0.3 is 26.0 Å². The second-order valence-corrected chi connectivity index (χ2v) is 8.00. The van der Waals surface area contributed by atoms with Crippen LogP contribution >= 0.6 is 0 Å². The lowest BCUT2D eigenvalue weighted by Gasteiger charge is -2.38. The molecule has 0 radical (unpaired) electrons. The number of carbonyl (C=O) groups excluding carboxylic acids is 3. The number of hydrogen-bond acceptors (Lipinski definition) is 8. The molecule has 4 N–H and O–H groups in total. The van der Waals surface area contributed by atoms with Crippen molar-refractivity contribution in [2.24, 2.45) is 5.73 Å². The fraction of sp³-hybridized carbons (Fsp3) is 0.381. The molecule has 1 unspecified atom stereocenters. The Hall–Kier alpha value is -3.69. The number of primary amides is 1. The summed E-state index contributed by atoms with van der Waals surface area (Å²) >= 11 is 0. The van der Waals surface area contributed by atoms with Crippen molar-refractivity contribution in [1.29, 1.82) is 0 Å². The van der Waals surface area contributed by atoms with Crippen molar-refractivity contribution >= 4 is 29.5 Å². The first-order valence-electron chi connectivity index (χ1n) is 10.3. The third-order valence-electron chi connectivity index (χ3n) is 6.12. The predicted octanol–water partition coefficient (Wildman–Crippen LogP) is 0.542. The third kappa shape index (κ3) is 3.33. The van der Waals surface area contributed by atoms with E-state index in [1.807, 2.05) is 23.1 Å². The van der Waals surface area contributed by atoms with Gasteiger partial charge in [-0.3, -0.25) is 9.59 Å². The van der Waals surface area contributed by atoms with Gasteiger partial charge in [0.15, 0.2) is 0 Å². The molecular formula is C21H22N6O4. The lowest BCUT2D eigenvalue weighted by atomic mass is 9.84. The normalized spacial score (nSPS) is 21.5. The number of piperidine rings is 1. The van der Waals surface area contributed by atoms with Gasteiger partial charge in [0.05, 0.1) is 5.56 Å². The Balaban J connectivity index is 1.38. The predicted molar refractivity (Wildman–Crippen MR) is 111 cm³/mol. The quantitative estimate of drug-likeness (QED) is 0.607. The molecule has 1 aromatic carbocycles. The van der Waals surface area contributed by atoms with Crippen molar-refractivity contribution in [3.63, 3.8) is 0 Å². The summed E-state index contributed by atoms with van der Waals surface area (Å²) in [4.78, 5) is 46.8. The van der Waals surface area contributed by atoms with Gasteiger partial charge in [-0.05, 0) is 12.5 Å². The van der Waals surface area contributed by atoms with Crippen LogP contribution < -0.4 is 21.3 Å². The SMILES string of the molecule is NC(=O)c1cc(NC2CCNC2=O)nc(N2CCC3(CC2)OC(=O)c2ccccc23)n1. The molecule has 1 aromatic heterocycles. The summed E-state index contributed by atoms with van der Waals surface area (Å²) in [5.74, 6) is -0.349. The standard InChI is InChI=1S/C21H22N6O4/c22-17(28)15-11-16(24-14-5-8-23-18(14)29)26-20(25-15)27-9-6-21(7-10-27)13-4-2-1-3-12(13)19(30)31-21/h1-4,11,14H,5-10H2,(H2,22,28)(H,23,29)(H,24,25,26). The van der Waals surface area contributed by atoms with Crippen LogP contribution in [-0.2, 0) is 15.1 Å². The monoisotopic (exact) mass is 422 g/mol. The van der Waals surface area contributed by atoms with Crippen molar-refractivity contribution in [2.75, 3.05) is 29.9 Å². The fourth-order valence-electron chi connectivity index (χ4n) is 4.47. The van der Waals surface area contributed by atoms with Crippen LogP contribution in [-0.4, -0.2) is 53.4 Å². The molecule has 3 aliphatic rings. The molecule has 2 aromatic rings. The van der Waals surface area contributed by atoms with E-state index >= 15 is 0 Å². The van der Waals surface area contributed by atoms with Gasteiger partial charge >= 0.3 is 5.97 Å². The molecule has 10 nitrogen and oxygen atoms in total. The summed E-state index contributed by atoms with van der Waals surface area (Å²) in [6.07, 6.45) is 1.78. The minimum Gasteiger partial charge on any atom is -0.450 e. The first-order valence-corrected chi connectivity index (χ1v) is 10.3. The number of amides is 2. The fourth-order valence-corrected chi connectivity index (χ4v) is 4.47.